The molecule has 7 heteroatoms. The maximum absolute atomic E-state index is 13.6. The van der Waals surface area contributed by atoms with Crippen LogP contribution in [0, 0.1) is 5.82 Å². The Bertz CT molecular complexity index is 654. The maximum atomic E-state index is 13.6. The summed E-state index contributed by atoms with van der Waals surface area (Å²) in [7, 11) is 0. The van der Waals surface area contributed by atoms with Crippen LogP contribution in [-0.4, -0.2) is 28.7 Å². The predicted molar refractivity (Wildman–Crippen MR) is 83.4 cm³/mol. The van der Waals surface area contributed by atoms with Crippen LogP contribution in [0.15, 0.2) is 24.3 Å². The van der Waals surface area contributed by atoms with Crippen LogP contribution in [0.3, 0.4) is 0 Å². The van der Waals surface area contributed by atoms with E-state index in [0.29, 0.717) is 22.1 Å². The number of piperidine rings is 1. The van der Waals surface area contributed by atoms with Crippen LogP contribution in [0.4, 0.5) is 9.52 Å². The van der Waals surface area contributed by atoms with Gasteiger partial charge < -0.3 is 5.32 Å². The molecule has 5 nitrogen and oxygen atoms in total. The molecule has 116 valence electrons. The highest BCUT2D eigenvalue weighted by Crippen LogP contribution is 2.20. The maximum Gasteiger partial charge on any atom is 0.243 e. The Morgan fingerprint density at radius 3 is 3.00 bits per heavy atom. The first-order chi connectivity index (χ1) is 10.7. The van der Waals surface area contributed by atoms with E-state index in [0.717, 1.165) is 25.8 Å². The van der Waals surface area contributed by atoms with Crippen LogP contribution < -0.4 is 10.6 Å². The summed E-state index contributed by atoms with van der Waals surface area (Å²) in [5, 5.41) is 15.1. The van der Waals surface area contributed by atoms with Crippen LogP contribution in [0.5, 0.6) is 0 Å². The Hall–Kier alpha value is -1.86. The van der Waals surface area contributed by atoms with Gasteiger partial charge in [-0.3, -0.25) is 10.1 Å². The van der Waals surface area contributed by atoms with Gasteiger partial charge in [0.2, 0.25) is 11.0 Å². The molecule has 2 heterocycles. The van der Waals surface area contributed by atoms with E-state index < -0.39 is 0 Å². The van der Waals surface area contributed by atoms with Gasteiger partial charge in [-0.2, -0.15) is 0 Å². The molecule has 1 saturated heterocycles. The molecule has 0 aliphatic carbocycles. The van der Waals surface area contributed by atoms with Crippen molar-refractivity contribution in [3.05, 3.63) is 40.7 Å². The van der Waals surface area contributed by atoms with Crippen molar-refractivity contribution in [3.63, 3.8) is 0 Å². The van der Waals surface area contributed by atoms with Crippen LogP contribution >= 0.6 is 11.3 Å². The molecular weight excluding hydrogens is 303 g/mol. The summed E-state index contributed by atoms with van der Waals surface area (Å²) in [6.45, 7) is 0.868. The topological polar surface area (TPSA) is 66.9 Å². The second kappa shape index (κ2) is 6.93. The number of carbonyl (C=O) groups excluding carboxylic acids is 1. The van der Waals surface area contributed by atoms with Crippen LogP contribution in [-0.2, 0) is 11.2 Å². The Kier molecular flexibility index (Phi) is 4.74. The first-order valence-corrected chi connectivity index (χ1v) is 8.14. The fourth-order valence-corrected chi connectivity index (χ4v) is 3.21. The summed E-state index contributed by atoms with van der Waals surface area (Å²) < 4.78 is 13.6. The second-order valence-corrected chi connectivity index (χ2v) is 6.32. The van der Waals surface area contributed by atoms with Gasteiger partial charge in [-0.1, -0.05) is 36.0 Å². The second-order valence-electron chi connectivity index (χ2n) is 5.26. The van der Waals surface area contributed by atoms with Gasteiger partial charge in [0.25, 0.3) is 0 Å². The third-order valence-corrected chi connectivity index (χ3v) is 4.46. The number of hydrogen-bond donors (Lipinski definition) is 2. The molecule has 1 aromatic carbocycles. The molecule has 1 amide bonds. The fraction of sp³-hybridized carbons (Fsp3) is 0.400. The van der Waals surface area contributed by atoms with Gasteiger partial charge in [0.1, 0.15) is 10.8 Å². The minimum absolute atomic E-state index is 0.0757. The fourth-order valence-electron chi connectivity index (χ4n) is 2.45. The van der Waals surface area contributed by atoms with Crippen molar-refractivity contribution in [2.75, 3.05) is 11.9 Å². The number of halogens is 1. The number of benzene rings is 1. The van der Waals surface area contributed by atoms with E-state index in [1.54, 1.807) is 18.2 Å². The van der Waals surface area contributed by atoms with Crippen molar-refractivity contribution in [1.82, 2.24) is 15.5 Å². The molecule has 0 saturated carbocycles. The van der Waals surface area contributed by atoms with Gasteiger partial charge in [-0.05, 0) is 31.0 Å². The molecule has 1 aromatic heterocycles. The highest BCUT2D eigenvalue weighted by molar-refractivity contribution is 7.15. The van der Waals surface area contributed by atoms with Gasteiger partial charge in [-0.25, -0.2) is 4.39 Å². The molecule has 1 aliphatic heterocycles. The van der Waals surface area contributed by atoms with Crippen LogP contribution in [0.25, 0.3) is 0 Å². The van der Waals surface area contributed by atoms with Crippen molar-refractivity contribution in [2.24, 2.45) is 0 Å². The summed E-state index contributed by atoms with van der Waals surface area (Å²) in [5.41, 5.74) is 0.575. The first-order valence-electron chi connectivity index (χ1n) is 7.32. The lowest BCUT2D eigenvalue weighted by molar-refractivity contribution is -0.118. The molecule has 1 unspecified atom stereocenters. The average Bonchev–Trinajstić information content (AvgIpc) is 2.97. The molecule has 2 aromatic rings. The zero-order valence-electron chi connectivity index (χ0n) is 12.0. The number of carbonyl (C=O) groups is 1. The molecule has 1 atom stereocenters. The van der Waals surface area contributed by atoms with E-state index in [4.69, 9.17) is 0 Å². The number of nitrogens with one attached hydrogen (secondary N) is 2. The van der Waals surface area contributed by atoms with Crippen molar-refractivity contribution in [1.29, 1.82) is 0 Å². The summed E-state index contributed by atoms with van der Waals surface area (Å²) in [6, 6.07) is 6.43. The molecular formula is C15H17FN4OS. The lowest BCUT2D eigenvalue weighted by Crippen LogP contribution is -2.43. The van der Waals surface area contributed by atoms with Gasteiger partial charge in [0.05, 0.1) is 6.04 Å². The molecule has 2 N–H and O–H groups in total. The van der Waals surface area contributed by atoms with E-state index in [2.05, 4.69) is 20.8 Å². The van der Waals surface area contributed by atoms with Gasteiger partial charge in [-0.15, -0.1) is 10.2 Å². The quantitative estimate of drug-likeness (QED) is 0.907. The zero-order chi connectivity index (χ0) is 15.4. The normalized spacial score (nSPS) is 18.1. The van der Waals surface area contributed by atoms with Gasteiger partial charge in [0.15, 0.2) is 0 Å². The Balaban J connectivity index is 1.61. The van der Waals surface area contributed by atoms with Crippen LogP contribution in [0.2, 0.25) is 0 Å². The number of aromatic nitrogens is 2. The minimum atomic E-state index is -0.255. The lowest BCUT2D eigenvalue weighted by atomic mass is 10.0. The largest absolute Gasteiger partial charge is 0.306 e. The summed E-state index contributed by atoms with van der Waals surface area (Å²) in [6.07, 6.45) is 3.38. The number of hydrogen-bond acceptors (Lipinski definition) is 5. The first kappa shape index (κ1) is 15.1. The third kappa shape index (κ3) is 3.66. The van der Waals surface area contributed by atoms with Crippen molar-refractivity contribution >= 4 is 22.4 Å². The zero-order valence-corrected chi connectivity index (χ0v) is 12.8. The molecule has 3 rings (SSSR count). The molecule has 1 fully saturated rings. The van der Waals surface area contributed by atoms with Crippen molar-refractivity contribution in [3.8, 4) is 0 Å². The standard InChI is InChI=1S/C15H17FN4OS/c16-11-6-2-1-5-10(11)9-13-19-20-15(22-13)18-14(21)12-7-3-4-8-17-12/h1-2,5-6,12,17H,3-4,7-9H2,(H,18,20,21). The Morgan fingerprint density at radius 1 is 1.36 bits per heavy atom. The van der Waals surface area contributed by atoms with E-state index in [-0.39, 0.29) is 17.8 Å². The highest BCUT2D eigenvalue weighted by atomic mass is 32.1. The van der Waals surface area contributed by atoms with E-state index >= 15 is 0 Å². The van der Waals surface area contributed by atoms with Crippen LogP contribution in [0.1, 0.15) is 29.8 Å². The smallest absolute Gasteiger partial charge is 0.243 e. The Labute approximate surface area is 132 Å². The third-order valence-electron chi connectivity index (χ3n) is 3.62. The number of amides is 1. The average molecular weight is 320 g/mol. The van der Waals surface area contributed by atoms with Crippen molar-refractivity contribution in [2.45, 2.75) is 31.7 Å². The summed E-state index contributed by atoms with van der Waals surface area (Å²) >= 11 is 1.28. The lowest BCUT2D eigenvalue weighted by Gasteiger charge is -2.21. The molecule has 1 aliphatic rings. The molecule has 0 radical (unpaired) electrons. The van der Waals surface area contributed by atoms with E-state index in [9.17, 15) is 9.18 Å². The molecule has 0 spiro atoms. The van der Waals surface area contributed by atoms with E-state index in [1.165, 1.54) is 17.4 Å². The number of nitrogens with zero attached hydrogens (tertiary/aromatic N) is 2. The summed E-state index contributed by atoms with van der Waals surface area (Å²) in [5.74, 6) is -0.331. The predicted octanol–water partition coefficient (Wildman–Crippen LogP) is 2.35. The molecule has 0 bridgehead atoms. The Morgan fingerprint density at radius 2 is 2.23 bits per heavy atom. The number of rotatable bonds is 4. The molecule has 22 heavy (non-hydrogen) atoms. The highest BCUT2D eigenvalue weighted by Gasteiger charge is 2.21. The number of anilines is 1. The van der Waals surface area contributed by atoms with Gasteiger partial charge in [0, 0.05) is 6.42 Å². The SMILES string of the molecule is O=C(Nc1nnc(Cc2ccccc2F)s1)C1CCCCN1. The monoisotopic (exact) mass is 320 g/mol. The van der Waals surface area contributed by atoms with Gasteiger partial charge >= 0.3 is 0 Å². The van der Waals surface area contributed by atoms with Crippen molar-refractivity contribution < 1.29 is 9.18 Å². The summed E-state index contributed by atoms with van der Waals surface area (Å²) in [4.78, 5) is 12.1. The van der Waals surface area contributed by atoms with E-state index in [1.807, 2.05) is 0 Å². The minimum Gasteiger partial charge on any atom is -0.306 e.